The number of thioether (sulfide) groups is 1. The normalized spacial score (nSPS) is 34.3. The number of nitrogens with two attached hydrogens (primary N) is 1. The van der Waals surface area contributed by atoms with Crippen LogP contribution in [0.3, 0.4) is 0 Å². The Morgan fingerprint density at radius 2 is 1.57 bits per heavy atom. The summed E-state index contributed by atoms with van der Waals surface area (Å²) >= 11 is 13.9. The first kappa shape index (κ1) is 25.6. The molecule has 9 heteroatoms. The topological polar surface area (TPSA) is 96.6 Å². The van der Waals surface area contributed by atoms with E-state index in [1.807, 2.05) is 0 Å². The number of aliphatic imine (C=N–C) groups is 1. The Balaban J connectivity index is 1.27. The molecule has 0 unspecified atom stereocenters. The standard InChI is InChI=1S/C28H34Cl2N4O2S/c29-19-7-4-8-20(30)23(19)33-25(35)21-22(31)24(37-27(21)32-18-5-2-1-3-6-18)26(36)34-28-12-15-9-16(13-28)11-17(10-15)14-28/h4,7-8,15-18,24H,1-3,5-6,9-14,31H2,(H,33,35)(H,34,36)/t15?,16?,17?,24-,28?/m0/s1. The lowest BCUT2D eigenvalue weighted by Gasteiger charge is -2.57. The zero-order valence-electron chi connectivity index (χ0n) is 20.9. The molecule has 1 atom stereocenters. The van der Waals surface area contributed by atoms with Crippen LogP contribution < -0.4 is 16.4 Å². The van der Waals surface area contributed by atoms with Crippen molar-refractivity contribution in [1.82, 2.24) is 5.32 Å². The number of halogens is 2. The molecular formula is C28H34Cl2N4O2S. The van der Waals surface area contributed by atoms with Gasteiger partial charge in [0.1, 0.15) is 10.3 Å². The van der Waals surface area contributed by atoms with Crippen molar-refractivity contribution < 1.29 is 9.59 Å². The smallest absolute Gasteiger partial charge is 0.260 e. The molecule has 4 bridgehead atoms. The van der Waals surface area contributed by atoms with Crippen LogP contribution in [0.15, 0.2) is 34.5 Å². The molecule has 37 heavy (non-hydrogen) atoms. The summed E-state index contributed by atoms with van der Waals surface area (Å²) in [4.78, 5) is 32.3. The molecule has 7 rings (SSSR count). The molecule has 6 aliphatic rings. The van der Waals surface area contributed by atoms with Crippen molar-refractivity contribution >= 4 is 57.5 Å². The predicted octanol–water partition coefficient (Wildman–Crippen LogP) is 6.08. The van der Waals surface area contributed by atoms with Crippen LogP contribution in [0.1, 0.15) is 70.6 Å². The molecule has 0 aromatic heterocycles. The molecule has 5 saturated carbocycles. The van der Waals surface area contributed by atoms with Gasteiger partial charge in [0.05, 0.1) is 27.3 Å². The van der Waals surface area contributed by atoms with Crippen molar-refractivity contribution in [3.8, 4) is 0 Å². The third kappa shape index (κ3) is 5.04. The fourth-order valence-electron chi connectivity index (χ4n) is 7.77. The summed E-state index contributed by atoms with van der Waals surface area (Å²) in [6.07, 6.45) is 12.5. The second kappa shape index (κ2) is 10.1. The number of nitrogens with one attached hydrogen (secondary N) is 2. The third-order valence-electron chi connectivity index (χ3n) is 8.98. The second-order valence-corrected chi connectivity index (χ2v) is 13.7. The zero-order chi connectivity index (χ0) is 25.7. The predicted molar refractivity (Wildman–Crippen MR) is 151 cm³/mol. The number of rotatable bonds is 5. The molecule has 0 saturated heterocycles. The highest BCUT2D eigenvalue weighted by Crippen LogP contribution is 2.55. The van der Waals surface area contributed by atoms with E-state index in [0.717, 1.165) is 62.7 Å². The summed E-state index contributed by atoms with van der Waals surface area (Å²) in [6.45, 7) is 0. The summed E-state index contributed by atoms with van der Waals surface area (Å²) in [5, 5.41) is 6.85. The molecule has 2 amide bonds. The van der Waals surface area contributed by atoms with Gasteiger partial charge in [-0.25, -0.2) is 0 Å². The Labute approximate surface area is 232 Å². The SMILES string of the molecule is NC1=C(C(=O)Nc2c(Cl)cccc2Cl)C(=NC2CCCCC2)S[C@@H]1C(=O)NC12CC3CC(CC(C3)C1)C2. The van der Waals surface area contributed by atoms with Gasteiger partial charge in [-0.2, -0.15) is 0 Å². The Bertz CT molecular complexity index is 1120. The van der Waals surface area contributed by atoms with Gasteiger partial charge < -0.3 is 16.4 Å². The van der Waals surface area contributed by atoms with Crippen LogP contribution in [-0.2, 0) is 9.59 Å². The molecule has 1 heterocycles. The van der Waals surface area contributed by atoms with Gasteiger partial charge in [0, 0.05) is 11.2 Å². The highest BCUT2D eigenvalue weighted by atomic mass is 35.5. The van der Waals surface area contributed by atoms with E-state index < -0.39 is 11.2 Å². The quantitative estimate of drug-likeness (QED) is 0.406. The van der Waals surface area contributed by atoms with E-state index in [4.69, 9.17) is 33.9 Å². The molecule has 5 aliphatic carbocycles. The van der Waals surface area contributed by atoms with Crippen LogP contribution in [0.25, 0.3) is 0 Å². The molecule has 1 aromatic rings. The summed E-state index contributed by atoms with van der Waals surface area (Å²) in [5.74, 6) is 1.64. The van der Waals surface area contributed by atoms with Crippen molar-refractivity contribution in [2.24, 2.45) is 28.5 Å². The molecule has 0 spiro atoms. The molecule has 198 valence electrons. The lowest BCUT2D eigenvalue weighted by molar-refractivity contribution is -0.125. The first-order valence-corrected chi connectivity index (χ1v) is 15.3. The van der Waals surface area contributed by atoms with Crippen LogP contribution in [0.2, 0.25) is 10.0 Å². The molecule has 5 fully saturated rings. The van der Waals surface area contributed by atoms with Crippen molar-refractivity contribution in [3.63, 3.8) is 0 Å². The number of amides is 2. The van der Waals surface area contributed by atoms with E-state index >= 15 is 0 Å². The maximum atomic E-state index is 13.7. The number of anilines is 1. The first-order valence-electron chi connectivity index (χ1n) is 13.6. The van der Waals surface area contributed by atoms with Gasteiger partial charge in [-0.3, -0.25) is 14.6 Å². The van der Waals surface area contributed by atoms with Crippen LogP contribution in [-0.4, -0.2) is 33.7 Å². The number of hydrogen-bond acceptors (Lipinski definition) is 5. The molecule has 1 aliphatic heterocycles. The Kier molecular flexibility index (Phi) is 7.00. The van der Waals surface area contributed by atoms with E-state index in [0.29, 0.717) is 20.8 Å². The Morgan fingerprint density at radius 1 is 0.973 bits per heavy atom. The second-order valence-electron chi connectivity index (χ2n) is 11.8. The van der Waals surface area contributed by atoms with E-state index in [2.05, 4.69) is 10.6 Å². The van der Waals surface area contributed by atoms with Gasteiger partial charge in [-0.1, -0.05) is 60.3 Å². The highest BCUT2D eigenvalue weighted by Gasteiger charge is 2.52. The third-order valence-corrected chi connectivity index (χ3v) is 10.8. The van der Waals surface area contributed by atoms with E-state index in [1.54, 1.807) is 18.2 Å². The molecule has 6 nitrogen and oxygen atoms in total. The van der Waals surface area contributed by atoms with Crippen LogP contribution in [0.4, 0.5) is 5.69 Å². The van der Waals surface area contributed by atoms with Crippen LogP contribution in [0.5, 0.6) is 0 Å². The van der Waals surface area contributed by atoms with E-state index in [9.17, 15) is 9.59 Å². The molecular weight excluding hydrogens is 527 g/mol. The van der Waals surface area contributed by atoms with E-state index in [1.165, 1.54) is 37.4 Å². The van der Waals surface area contributed by atoms with Gasteiger partial charge in [0.2, 0.25) is 5.91 Å². The Hall–Kier alpha value is -1.70. The fraction of sp³-hybridized carbons (Fsp3) is 0.607. The molecule has 1 aromatic carbocycles. The minimum absolute atomic E-state index is 0.0978. The molecule has 0 radical (unpaired) electrons. The summed E-state index contributed by atoms with van der Waals surface area (Å²) in [6, 6.07) is 5.20. The lowest BCUT2D eigenvalue weighted by Crippen LogP contribution is -2.61. The van der Waals surface area contributed by atoms with Gasteiger partial charge in [-0.05, 0) is 81.3 Å². The average molecular weight is 562 g/mol. The van der Waals surface area contributed by atoms with Gasteiger partial charge in [0.25, 0.3) is 5.91 Å². The first-order chi connectivity index (χ1) is 17.8. The number of nitrogens with zero attached hydrogens (tertiary/aromatic N) is 1. The van der Waals surface area contributed by atoms with Crippen molar-refractivity contribution in [1.29, 1.82) is 0 Å². The minimum Gasteiger partial charge on any atom is -0.400 e. The van der Waals surface area contributed by atoms with Crippen LogP contribution >= 0.6 is 35.0 Å². The molecule has 4 N–H and O–H groups in total. The van der Waals surface area contributed by atoms with Crippen molar-refractivity contribution in [2.45, 2.75) is 87.5 Å². The van der Waals surface area contributed by atoms with Crippen molar-refractivity contribution in [3.05, 3.63) is 39.5 Å². The average Bonchev–Trinajstić information content (AvgIpc) is 3.16. The number of carbonyl (C=O) groups excluding carboxylic acids is 2. The maximum absolute atomic E-state index is 13.7. The number of para-hydroxylation sites is 1. The fourth-order valence-corrected chi connectivity index (χ4v) is 9.43. The van der Waals surface area contributed by atoms with Gasteiger partial charge >= 0.3 is 0 Å². The number of carbonyl (C=O) groups is 2. The highest BCUT2D eigenvalue weighted by molar-refractivity contribution is 8.16. The largest absolute Gasteiger partial charge is 0.400 e. The van der Waals surface area contributed by atoms with E-state index in [-0.39, 0.29) is 28.8 Å². The number of hydrogen-bond donors (Lipinski definition) is 3. The minimum atomic E-state index is -0.669. The Morgan fingerprint density at radius 3 is 2.16 bits per heavy atom. The monoisotopic (exact) mass is 560 g/mol. The summed E-state index contributed by atoms with van der Waals surface area (Å²) in [5.41, 5.74) is 7.36. The van der Waals surface area contributed by atoms with Gasteiger partial charge in [0.15, 0.2) is 0 Å². The zero-order valence-corrected chi connectivity index (χ0v) is 23.2. The number of benzene rings is 1. The summed E-state index contributed by atoms with van der Waals surface area (Å²) in [7, 11) is 0. The summed E-state index contributed by atoms with van der Waals surface area (Å²) < 4.78 is 0. The van der Waals surface area contributed by atoms with Crippen molar-refractivity contribution in [2.75, 3.05) is 5.32 Å². The van der Waals surface area contributed by atoms with Crippen LogP contribution in [0, 0.1) is 17.8 Å². The maximum Gasteiger partial charge on any atom is 0.260 e. The van der Waals surface area contributed by atoms with Gasteiger partial charge in [-0.15, -0.1) is 0 Å². The lowest BCUT2D eigenvalue weighted by atomic mass is 9.53.